The molecule has 0 N–H and O–H groups in total. The summed E-state index contributed by atoms with van der Waals surface area (Å²) < 4.78 is 20.3. The maximum atomic E-state index is 13.5. The summed E-state index contributed by atoms with van der Waals surface area (Å²) in [6, 6.07) is 1.17. The Balaban J connectivity index is 1.78. The number of rotatable bonds is 5. The van der Waals surface area contributed by atoms with Gasteiger partial charge in [0.15, 0.2) is 0 Å². The van der Waals surface area contributed by atoms with Gasteiger partial charge in [-0.3, -0.25) is 4.57 Å². The maximum absolute atomic E-state index is 13.5. The van der Waals surface area contributed by atoms with Crippen molar-refractivity contribution in [1.29, 1.82) is 0 Å². The third-order valence-corrected chi connectivity index (χ3v) is 7.89. The summed E-state index contributed by atoms with van der Waals surface area (Å²) in [7, 11) is -2.33. The zero-order chi connectivity index (χ0) is 12.0. The van der Waals surface area contributed by atoms with Crippen LogP contribution in [0.25, 0.3) is 0 Å². The lowest BCUT2D eigenvalue weighted by atomic mass is 10.4. The van der Waals surface area contributed by atoms with Gasteiger partial charge in [-0.05, 0) is 25.7 Å². The molecular formula is C12H24N3OP. The summed E-state index contributed by atoms with van der Waals surface area (Å²) in [5.74, 6) is 0. The molecule has 0 spiro atoms. The lowest BCUT2D eigenvalue weighted by Gasteiger charge is -2.30. The van der Waals surface area contributed by atoms with Crippen LogP contribution in [0.5, 0.6) is 0 Å². The second-order valence-electron chi connectivity index (χ2n) is 5.54. The average Bonchev–Trinajstić information content (AvgIpc) is 3.24. The normalized spacial score (nSPS) is 44.6. The summed E-state index contributed by atoms with van der Waals surface area (Å²) in [6.07, 6.45) is 4.73. The molecule has 0 bridgehead atoms. The SMILES string of the molecule is CC[C@H]1CN1P(=O)(N1CCCC1)N1C[C@@H]1CC. The van der Waals surface area contributed by atoms with Gasteiger partial charge < -0.3 is 0 Å². The molecule has 5 heteroatoms. The lowest BCUT2D eigenvalue weighted by molar-refractivity contribution is 0.398. The van der Waals surface area contributed by atoms with Crippen molar-refractivity contribution in [3.05, 3.63) is 0 Å². The lowest BCUT2D eigenvalue weighted by Crippen LogP contribution is -2.26. The Morgan fingerprint density at radius 3 is 1.82 bits per heavy atom. The molecule has 0 aromatic rings. The van der Waals surface area contributed by atoms with Gasteiger partial charge in [0.25, 0.3) is 7.59 Å². The topological polar surface area (TPSA) is 26.3 Å². The Kier molecular flexibility index (Phi) is 3.10. The third kappa shape index (κ3) is 1.90. The smallest absolute Gasteiger partial charge is 0.270 e. The fourth-order valence-electron chi connectivity index (χ4n) is 3.09. The minimum atomic E-state index is -2.33. The van der Waals surface area contributed by atoms with Crippen LogP contribution in [0.4, 0.5) is 0 Å². The molecule has 0 amide bonds. The van der Waals surface area contributed by atoms with Crippen molar-refractivity contribution in [2.45, 2.75) is 51.6 Å². The molecule has 2 unspecified atom stereocenters. The Morgan fingerprint density at radius 1 is 1.00 bits per heavy atom. The predicted molar refractivity (Wildman–Crippen MR) is 70.0 cm³/mol. The second kappa shape index (κ2) is 4.34. The van der Waals surface area contributed by atoms with E-state index < -0.39 is 7.59 Å². The van der Waals surface area contributed by atoms with Gasteiger partial charge in [0.05, 0.1) is 0 Å². The van der Waals surface area contributed by atoms with Crippen molar-refractivity contribution in [1.82, 2.24) is 14.0 Å². The molecule has 3 fully saturated rings. The molecule has 17 heavy (non-hydrogen) atoms. The summed E-state index contributed by atoms with van der Waals surface area (Å²) in [6.45, 7) is 8.60. The van der Waals surface area contributed by atoms with Crippen LogP contribution in [0, 0.1) is 0 Å². The first kappa shape index (κ1) is 12.2. The van der Waals surface area contributed by atoms with E-state index in [1.165, 1.54) is 12.8 Å². The molecule has 3 rings (SSSR count). The summed E-state index contributed by atoms with van der Waals surface area (Å²) in [4.78, 5) is 0. The predicted octanol–water partition coefficient (Wildman–Crippen LogP) is 2.38. The first-order valence-corrected chi connectivity index (χ1v) is 8.68. The van der Waals surface area contributed by atoms with Crippen molar-refractivity contribution in [3.63, 3.8) is 0 Å². The fourth-order valence-corrected chi connectivity index (χ4v) is 6.82. The van der Waals surface area contributed by atoms with E-state index in [4.69, 9.17) is 0 Å². The highest BCUT2D eigenvalue weighted by atomic mass is 31.2. The molecule has 3 aliphatic heterocycles. The molecule has 0 aromatic carbocycles. The molecule has 4 atom stereocenters. The van der Waals surface area contributed by atoms with Gasteiger partial charge in [0.1, 0.15) is 0 Å². The van der Waals surface area contributed by atoms with Gasteiger partial charge in [0.2, 0.25) is 0 Å². The van der Waals surface area contributed by atoms with Crippen molar-refractivity contribution in [3.8, 4) is 0 Å². The van der Waals surface area contributed by atoms with Crippen LogP contribution in [0.15, 0.2) is 0 Å². The van der Waals surface area contributed by atoms with Gasteiger partial charge >= 0.3 is 0 Å². The fraction of sp³-hybridized carbons (Fsp3) is 1.00. The van der Waals surface area contributed by atoms with E-state index in [0.29, 0.717) is 12.1 Å². The second-order valence-corrected chi connectivity index (χ2v) is 8.16. The van der Waals surface area contributed by atoms with E-state index >= 15 is 0 Å². The van der Waals surface area contributed by atoms with E-state index in [2.05, 4.69) is 27.9 Å². The Bertz CT molecular complexity index is 321. The van der Waals surface area contributed by atoms with Crippen LogP contribution in [-0.4, -0.2) is 52.3 Å². The minimum Gasteiger partial charge on any atom is -0.270 e. The molecule has 0 aliphatic carbocycles. The highest BCUT2D eigenvalue weighted by molar-refractivity contribution is 7.57. The molecule has 4 nitrogen and oxygen atoms in total. The van der Waals surface area contributed by atoms with E-state index in [9.17, 15) is 4.57 Å². The zero-order valence-electron chi connectivity index (χ0n) is 11.0. The molecule has 0 saturated carbocycles. The Morgan fingerprint density at radius 2 is 1.47 bits per heavy atom. The summed E-state index contributed by atoms with van der Waals surface area (Å²) in [5.41, 5.74) is 0. The van der Waals surface area contributed by atoms with Crippen molar-refractivity contribution in [2.24, 2.45) is 0 Å². The van der Waals surface area contributed by atoms with Crippen LogP contribution < -0.4 is 0 Å². The van der Waals surface area contributed by atoms with Gasteiger partial charge in [-0.2, -0.15) is 0 Å². The Hall–Kier alpha value is 0.110. The van der Waals surface area contributed by atoms with E-state index in [-0.39, 0.29) is 0 Å². The van der Waals surface area contributed by atoms with Gasteiger partial charge in [-0.25, -0.2) is 14.0 Å². The quantitative estimate of drug-likeness (QED) is 0.558. The first-order valence-electron chi connectivity index (χ1n) is 7.11. The molecule has 0 radical (unpaired) electrons. The monoisotopic (exact) mass is 257 g/mol. The van der Waals surface area contributed by atoms with Gasteiger partial charge in [-0.1, -0.05) is 13.8 Å². The summed E-state index contributed by atoms with van der Waals surface area (Å²) >= 11 is 0. The Labute approximate surface area is 104 Å². The van der Waals surface area contributed by atoms with Crippen molar-refractivity contribution in [2.75, 3.05) is 26.2 Å². The molecule has 3 saturated heterocycles. The molecule has 0 aromatic heterocycles. The summed E-state index contributed by atoms with van der Waals surface area (Å²) in [5, 5.41) is 0. The highest BCUT2D eigenvalue weighted by Crippen LogP contribution is 2.67. The van der Waals surface area contributed by atoms with E-state index in [1.54, 1.807) is 0 Å². The van der Waals surface area contributed by atoms with E-state index in [0.717, 1.165) is 39.0 Å². The van der Waals surface area contributed by atoms with E-state index in [1.807, 2.05) is 0 Å². The van der Waals surface area contributed by atoms with Gasteiger partial charge in [-0.15, -0.1) is 0 Å². The number of hydrogen-bond acceptors (Lipinski definition) is 1. The number of nitrogens with zero attached hydrogens (tertiary/aromatic N) is 3. The van der Waals surface area contributed by atoms with Crippen LogP contribution in [0.1, 0.15) is 39.5 Å². The average molecular weight is 257 g/mol. The highest BCUT2D eigenvalue weighted by Gasteiger charge is 2.59. The first-order chi connectivity index (χ1) is 8.21. The van der Waals surface area contributed by atoms with Crippen molar-refractivity contribution >= 4 is 7.59 Å². The van der Waals surface area contributed by atoms with Gasteiger partial charge in [0, 0.05) is 38.3 Å². The minimum absolute atomic E-state index is 0.583. The standard InChI is InChI=1S/C12H24N3OP/c1-3-11-9-14(11)17(16,13-7-5-6-8-13)15-10-12(15)4-2/h11-12H,3-10H2,1-2H3/t11-,12-,14?,15?,17?/m0/s1. The zero-order valence-corrected chi connectivity index (χ0v) is 11.9. The molecule has 98 valence electrons. The molecule has 3 heterocycles. The number of hydrogen-bond donors (Lipinski definition) is 0. The van der Waals surface area contributed by atoms with Crippen LogP contribution in [-0.2, 0) is 4.57 Å². The largest absolute Gasteiger partial charge is 0.287 e. The maximum Gasteiger partial charge on any atom is 0.287 e. The van der Waals surface area contributed by atoms with Crippen LogP contribution in [0.3, 0.4) is 0 Å². The van der Waals surface area contributed by atoms with Crippen LogP contribution >= 0.6 is 7.59 Å². The van der Waals surface area contributed by atoms with Crippen LogP contribution in [0.2, 0.25) is 0 Å². The van der Waals surface area contributed by atoms with Crippen molar-refractivity contribution < 1.29 is 4.57 Å². The third-order valence-electron chi connectivity index (χ3n) is 4.43. The molecule has 3 aliphatic rings. The molecular weight excluding hydrogens is 233 g/mol.